The first-order valence-corrected chi connectivity index (χ1v) is 8.05. The third-order valence-corrected chi connectivity index (χ3v) is 4.85. The van der Waals surface area contributed by atoms with Gasteiger partial charge in [-0.25, -0.2) is 0 Å². The molecule has 0 radical (unpaired) electrons. The van der Waals surface area contributed by atoms with Crippen LogP contribution >= 0.6 is 0 Å². The number of aromatic nitrogens is 2. The Labute approximate surface area is 141 Å². The number of para-hydroxylation sites is 1. The van der Waals surface area contributed by atoms with Crippen LogP contribution in [0.2, 0.25) is 0 Å². The molecule has 0 saturated carbocycles. The summed E-state index contributed by atoms with van der Waals surface area (Å²) in [7, 11) is 0. The number of ether oxygens (including phenoxy) is 1. The van der Waals surface area contributed by atoms with Crippen LogP contribution < -0.4 is 4.74 Å². The van der Waals surface area contributed by atoms with E-state index in [9.17, 15) is 18.0 Å². The van der Waals surface area contributed by atoms with Gasteiger partial charge >= 0.3 is 6.18 Å². The summed E-state index contributed by atoms with van der Waals surface area (Å²) < 4.78 is 44.1. The van der Waals surface area contributed by atoms with Crippen LogP contribution in [0, 0.1) is 0 Å². The van der Waals surface area contributed by atoms with Gasteiger partial charge in [0.25, 0.3) is 5.91 Å². The summed E-state index contributed by atoms with van der Waals surface area (Å²) in [5, 5.41) is 5.40. The number of hydrogen-bond donors (Lipinski definition) is 1. The summed E-state index contributed by atoms with van der Waals surface area (Å²) in [4.78, 5) is 14.0. The third-order valence-electron chi connectivity index (χ3n) is 4.85. The number of nitrogens with zero attached hydrogens (tertiary/aromatic N) is 2. The zero-order valence-corrected chi connectivity index (χ0v) is 13.3. The van der Waals surface area contributed by atoms with Gasteiger partial charge in [0, 0.05) is 19.0 Å². The third kappa shape index (κ3) is 2.85. The summed E-state index contributed by atoms with van der Waals surface area (Å²) in [5.74, 6) is 0.313. The van der Waals surface area contributed by atoms with Gasteiger partial charge in [0.05, 0.1) is 6.54 Å². The molecule has 1 amide bonds. The highest BCUT2D eigenvalue weighted by Crippen LogP contribution is 2.39. The molecule has 2 aliphatic rings. The molecule has 5 nitrogen and oxygen atoms in total. The fourth-order valence-electron chi connectivity index (χ4n) is 3.50. The molecule has 132 valence electrons. The highest BCUT2D eigenvalue weighted by atomic mass is 19.4. The van der Waals surface area contributed by atoms with Crippen molar-refractivity contribution >= 4 is 5.91 Å². The number of aryl methyl sites for hydroxylation is 1. The van der Waals surface area contributed by atoms with Crippen molar-refractivity contribution in [2.45, 2.75) is 31.0 Å². The van der Waals surface area contributed by atoms with Crippen LogP contribution in [0.3, 0.4) is 0 Å². The summed E-state index contributed by atoms with van der Waals surface area (Å²) in [6.07, 6.45) is -2.25. The van der Waals surface area contributed by atoms with Crippen molar-refractivity contribution in [2.75, 3.05) is 13.1 Å². The molecule has 4 rings (SSSR count). The molecule has 2 aliphatic heterocycles. The molecular weight excluding hydrogens is 335 g/mol. The number of carbonyl (C=O) groups excluding carboxylic acids is 1. The van der Waals surface area contributed by atoms with Gasteiger partial charge in [0.1, 0.15) is 17.0 Å². The van der Waals surface area contributed by atoms with E-state index in [1.807, 2.05) is 29.4 Å². The lowest BCUT2D eigenvalue weighted by molar-refractivity contribution is -0.141. The van der Waals surface area contributed by atoms with E-state index in [1.165, 1.54) is 4.90 Å². The minimum absolute atomic E-state index is 0.222. The van der Waals surface area contributed by atoms with Crippen molar-refractivity contribution in [1.82, 2.24) is 15.1 Å². The highest BCUT2D eigenvalue weighted by molar-refractivity contribution is 5.92. The maximum absolute atomic E-state index is 12.7. The molecule has 25 heavy (non-hydrogen) atoms. The second kappa shape index (κ2) is 5.50. The molecule has 0 aliphatic carbocycles. The molecular formula is C17H16F3N3O2. The summed E-state index contributed by atoms with van der Waals surface area (Å²) in [6, 6.07) is 8.54. The number of rotatable bonds is 1. The van der Waals surface area contributed by atoms with E-state index in [4.69, 9.17) is 4.74 Å². The van der Waals surface area contributed by atoms with E-state index in [2.05, 4.69) is 5.10 Å². The van der Waals surface area contributed by atoms with Crippen molar-refractivity contribution in [3.8, 4) is 5.75 Å². The van der Waals surface area contributed by atoms with E-state index < -0.39 is 23.4 Å². The van der Waals surface area contributed by atoms with Crippen molar-refractivity contribution < 1.29 is 22.7 Å². The molecule has 0 bridgehead atoms. The van der Waals surface area contributed by atoms with Crippen LogP contribution in [0.25, 0.3) is 0 Å². The van der Waals surface area contributed by atoms with Gasteiger partial charge in [-0.3, -0.25) is 9.89 Å². The van der Waals surface area contributed by atoms with Crippen LogP contribution in [0.1, 0.15) is 34.6 Å². The van der Waals surface area contributed by atoms with E-state index in [1.54, 1.807) is 0 Å². The predicted octanol–water partition coefficient (Wildman–Crippen LogP) is 3.04. The minimum Gasteiger partial charge on any atom is -0.485 e. The van der Waals surface area contributed by atoms with Gasteiger partial charge in [-0.1, -0.05) is 18.2 Å². The molecule has 1 atom stereocenters. The summed E-state index contributed by atoms with van der Waals surface area (Å²) >= 11 is 0. The fraction of sp³-hybridized carbons (Fsp3) is 0.412. The quantitative estimate of drug-likeness (QED) is 0.859. The predicted molar refractivity (Wildman–Crippen MR) is 82.2 cm³/mol. The number of halogens is 3. The number of likely N-dealkylation sites (tertiary alicyclic amines) is 1. The first kappa shape index (κ1) is 16.0. The molecule has 1 spiro atoms. The van der Waals surface area contributed by atoms with E-state index in [-0.39, 0.29) is 5.69 Å². The standard InChI is InChI=1S/C17H16F3N3O2/c18-17(19,20)14-9-12(21-22-14)15(24)23-8-7-16(10-23)6-5-11-3-1-2-4-13(11)25-16/h1-4,9H,5-8,10H2,(H,21,22). The Morgan fingerprint density at radius 1 is 1.28 bits per heavy atom. The van der Waals surface area contributed by atoms with Crippen LogP contribution in [0.5, 0.6) is 5.75 Å². The Kier molecular flexibility index (Phi) is 3.52. The molecule has 1 fully saturated rings. The monoisotopic (exact) mass is 351 g/mol. The van der Waals surface area contributed by atoms with Gasteiger partial charge in [-0.05, 0) is 24.5 Å². The molecule has 1 unspecified atom stereocenters. The number of aromatic amines is 1. The van der Waals surface area contributed by atoms with Gasteiger partial charge in [-0.2, -0.15) is 18.3 Å². The zero-order chi connectivity index (χ0) is 17.7. The van der Waals surface area contributed by atoms with Crippen molar-refractivity contribution in [2.24, 2.45) is 0 Å². The molecule has 1 aromatic carbocycles. The van der Waals surface area contributed by atoms with Crippen LogP contribution in [-0.4, -0.2) is 39.7 Å². The minimum atomic E-state index is -4.55. The number of nitrogens with one attached hydrogen (secondary N) is 1. The van der Waals surface area contributed by atoms with Crippen LogP contribution in [0.4, 0.5) is 13.2 Å². The molecule has 8 heteroatoms. The molecule has 1 aromatic heterocycles. The Bertz CT molecular complexity index is 817. The van der Waals surface area contributed by atoms with E-state index >= 15 is 0 Å². The van der Waals surface area contributed by atoms with Gasteiger partial charge in [0.15, 0.2) is 5.69 Å². The lowest BCUT2D eigenvalue weighted by atomic mass is 9.90. The maximum Gasteiger partial charge on any atom is 0.432 e. The fourth-order valence-corrected chi connectivity index (χ4v) is 3.50. The van der Waals surface area contributed by atoms with E-state index in [0.717, 1.165) is 30.2 Å². The van der Waals surface area contributed by atoms with Gasteiger partial charge in [-0.15, -0.1) is 0 Å². The molecule has 3 heterocycles. The van der Waals surface area contributed by atoms with Crippen LogP contribution in [0.15, 0.2) is 30.3 Å². The topological polar surface area (TPSA) is 58.2 Å². The summed E-state index contributed by atoms with van der Waals surface area (Å²) in [5.41, 5.74) is -0.569. The Morgan fingerprint density at radius 3 is 2.84 bits per heavy atom. The maximum atomic E-state index is 12.7. The lowest BCUT2D eigenvalue weighted by Gasteiger charge is -2.35. The molecule has 2 aromatic rings. The number of benzene rings is 1. The second-order valence-electron chi connectivity index (χ2n) is 6.53. The van der Waals surface area contributed by atoms with Gasteiger partial charge < -0.3 is 9.64 Å². The van der Waals surface area contributed by atoms with Crippen molar-refractivity contribution in [3.05, 3.63) is 47.3 Å². The zero-order valence-electron chi connectivity index (χ0n) is 13.3. The molecule has 1 saturated heterocycles. The van der Waals surface area contributed by atoms with Crippen molar-refractivity contribution in [1.29, 1.82) is 0 Å². The number of fused-ring (bicyclic) bond motifs is 1. The lowest BCUT2D eigenvalue weighted by Crippen LogP contribution is -2.43. The average Bonchev–Trinajstić information content (AvgIpc) is 3.22. The van der Waals surface area contributed by atoms with Crippen LogP contribution in [-0.2, 0) is 12.6 Å². The normalized spacial score (nSPS) is 22.8. The van der Waals surface area contributed by atoms with Gasteiger partial charge in [0.2, 0.25) is 0 Å². The number of H-pyrrole nitrogens is 1. The number of hydrogen-bond acceptors (Lipinski definition) is 3. The molecule has 1 N–H and O–H groups in total. The smallest absolute Gasteiger partial charge is 0.432 e. The first-order chi connectivity index (χ1) is 11.9. The second-order valence-corrected chi connectivity index (χ2v) is 6.53. The Morgan fingerprint density at radius 2 is 2.08 bits per heavy atom. The number of alkyl halides is 3. The van der Waals surface area contributed by atoms with E-state index in [0.29, 0.717) is 19.5 Å². The Balaban J connectivity index is 1.49. The average molecular weight is 351 g/mol. The SMILES string of the molecule is O=C(c1cc(C(F)(F)F)[nH]n1)N1CCC2(CCc3ccccc3O2)C1. The summed E-state index contributed by atoms with van der Waals surface area (Å²) in [6.45, 7) is 0.795. The first-order valence-electron chi connectivity index (χ1n) is 8.05. The number of carbonyl (C=O) groups is 1. The van der Waals surface area contributed by atoms with Crippen molar-refractivity contribution in [3.63, 3.8) is 0 Å². The Hall–Kier alpha value is -2.51. The number of amides is 1. The largest absolute Gasteiger partial charge is 0.485 e. The highest BCUT2D eigenvalue weighted by Gasteiger charge is 2.45.